The zero-order valence-corrected chi connectivity index (χ0v) is 13.0. The third-order valence-electron chi connectivity index (χ3n) is 3.74. The van der Waals surface area contributed by atoms with Gasteiger partial charge in [0.2, 0.25) is 5.69 Å². The average molecular weight is 333 g/mol. The Hall–Kier alpha value is -2.55. The summed E-state index contributed by atoms with van der Waals surface area (Å²) in [5, 5.41) is 15.3. The highest BCUT2D eigenvalue weighted by atomic mass is 32.1. The average Bonchev–Trinajstić information content (AvgIpc) is 3.04. The Balaban J connectivity index is 1.79. The molecule has 1 aliphatic heterocycles. The van der Waals surface area contributed by atoms with Gasteiger partial charge in [-0.25, -0.2) is 9.59 Å². The molecule has 9 heteroatoms. The number of anilines is 1. The second-order valence-corrected chi connectivity index (χ2v) is 5.93. The summed E-state index contributed by atoms with van der Waals surface area (Å²) in [7, 11) is 0. The van der Waals surface area contributed by atoms with Crippen LogP contribution in [-0.4, -0.2) is 43.1 Å². The molecule has 0 saturated carbocycles. The lowest BCUT2D eigenvalue weighted by molar-refractivity contribution is 0.0691. The number of carbonyl (C=O) groups is 2. The van der Waals surface area contributed by atoms with E-state index in [-0.39, 0.29) is 22.8 Å². The second-order valence-electron chi connectivity index (χ2n) is 5.18. The van der Waals surface area contributed by atoms with Gasteiger partial charge in [0.1, 0.15) is 0 Å². The first kappa shape index (κ1) is 15.3. The van der Waals surface area contributed by atoms with Gasteiger partial charge >= 0.3 is 12.0 Å². The van der Waals surface area contributed by atoms with Crippen molar-refractivity contribution in [3.63, 3.8) is 0 Å². The van der Waals surface area contributed by atoms with Crippen LogP contribution in [0.4, 0.5) is 9.80 Å². The summed E-state index contributed by atoms with van der Waals surface area (Å²) in [6.45, 7) is 0.611. The molecule has 8 nitrogen and oxygen atoms in total. The molecule has 0 spiro atoms. The number of aromatic carboxylic acids is 1. The first-order valence-corrected chi connectivity index (χ1v) is 7.97. The standard InChI is InChI=1S/C14H15N5O3S/c20-13(21)11-12(23-18-17-11)16-14(22)19-7-2-1-5-10(19)9-4-3-6-15-8-9/h3-4,6,8,10H,1-2,5,7H2,(H,16,22)(H,20,21)/t10-/m1/s1. The number of hydrogen-bond acceptors (Lipinski definition) is 6. The molecule has 2 amide bonds. The number of pyridine rings is 1. The SMILES string of the molecule is O=C(O)c1nnsc1NC(=O)N1CCCC[C@@H]1c1cccnc1. The number of carbonyl (C=O) groups excluding carboxylic acids is 1. The highest BCUT2D eigenvalue weighted by Crippen LogP contribution is 2.31. The van der Waals surface area contributed by atoms with Gasteiger partial charge in [-0.3, -0.25) is 10.3 Å². The van der Waals surface area contributed by atoms with E-state index in [1.807, 2.05) is 12.1 Å². The van der Waals surface area contributed by atoms with Crippen LogP contribution in [0, 0.1) is 0 Å². The minimum atomic E-state index is -1.21. The predicted octanol–water partition coefficient (Wildman–Crippen LogP) is 2.39. The van der Waals surface area contributed by atoms with E-state index in [4.69, 9.17) is 5.11 Å². The molecule has 23 heavy (non-hydrogen) atoms. The third kappa shape index (κ3) is 3.29. The molecule has 120 valence electrons. The summed E-state index contributed by atoms with van der Waals surface area (Å²) >= 11 is 0.854. The normalized spacial score (nSPS) is 17.7. The van der Waals surface area contributed by atoms with Crippen molar-refractivity contribution in [1.29, 1.82) is 0 Å². The Morgan fingerprint density at radius 2 is 2.26 bits per heavy atom. The smallest absolute Gasteiger partial charge is 0.359 e. The number of hydrogen-bond donors (Lipinski definition) is 2. The molecule has 0 aromatic carbocycles. The fourth-order valence-corrected chi connectivity index (χ4v) is 3.23. The van der Waals surface area contributed by atoms with Gasteiger partial charge in [-0.15, -0.1) is 5.10 Å². The Morgan fingerprint density at radius 1 is 1.39 bits per heavy atom. The van der Waals surface area contributed by atoms with Gasteiger partial charge in [-0.2, -0.15) is 0 Å². The van der Waals surface area contributed by atoms with Gasteiger partial charge in [0, 0.05) is 30.5 Å². The van der Waals surface area contributed by atoms with Crippen LogP contribution >= 0.6 is 11.5 Å². The van der Waals surface area contributed by atoms with Crippen LogP contribution in [0.5, 0.6) is 0 Å². The molecule has 1 atom stereocenters. The number of urea groups is 1. The fraction of sp³-hybridized carbons (Fsp3) is 0.357. The molecule has 3 heterocycles. The quantitative estimate of drug-likeness (QED) is 0.893. The van der Waals surface area contributed by atoms with Crippen LogP contribution in [-0.2, 0) is 0 Å². The monoisotopic (exact) mass is 333 g/mol. The summed E-state index contributed by atoms with van der Waals surface area (Å²) in [6, 6.07) is 3.38. The summed E-state index contributed by atoms with van der Waals surface area (Å²) in [5.74, 6) is -1.21. The number of carboxylic acid groups (broad SMARTS) is 1. The van der Waals surface area contributed by atoms with E-state index in [1.165, 1.54) is 0 Å². The van der Waals surface area contributed by atoms with Crippen LogP contribution in [0.1, 0.15) is 41.4 Å². The maximum atomic E-state index is 12.6. The van der Waals surface area contributed by atoms with Gasteiger partial charge < -0.3 is 10.0 Å². The van der Waals surface area contributed by atoms with Crippen molar-refractivity contribution in [2.24, 2.45) is 0 Å². The number of rotatable bonds is 3. The Kier molecular flexibility index (Phi) is 4.47. The van der Waals surface area contributed by atoms with Crippen molar-refractivity contribution in [2.45, 2.75) is 25.3 Å². The Morgan fingerprint density at radius 3 is 3.00 bits per heavy atom. The molecule has 2 N–H and O–H groups in total. The first-order chi connectivity index (χ1) is 11.2. The Labute approximate surface area is 136 Å². The first-order valence-electron chi connectivity index (χ1n) is 7.20. The van der Waals surface area contributed by atoms with Crippen molar-refractivity contribution < 1.29 is 14.7 Å². The van der Waals surface area contributed by atoms with E-state index in [0.29, 0.717) is 6.54 Å². The second kappa shape index (κ2) is 6.69. The van der Waals surface area contributed by atoms with Gasteiger partial charge in [-0.1, -0.05) is 10.6 Å². The number of nitrogens with one attached hydrogen (secondary N) is 1. The molecule has 0 bridgehead atoms. The zero-order chi connectivity index (χ0) is 16.2. The summed E-state index contributed by atoms with van der Waals surface area (Å²) < 4.78 is 3.59. The van der Waals surface area contributed by atoms with Crippen molar-refractivity contribution in [3.05, 3.63) is 35.8 Å². The minimum absolute atomic E-state index is 0.0633. The molecule has 2 aromatic rings. The number of carboxylic acids is 1. The van der Waals surface area contributed by atoms with E-state index in [2.05, 4.69) is 19.9 Å². The lowest BCUT2D eigenvalue weighted by Gasteiger charge is -2.35. The van der Waals surface area contributed by atoms with Crippen LogP contribution in [0.2, 0.25) is 0 Å². The van der Waals surface area contributed by atoms with Crippen molar-refractivity contribution >= 4 is 28.5 Å². The number of likely N-dealkylation sites (tertiary alicyclic amines) is 1. The van der Waals surface area contributed by atoms with E-state index < -0.39 is 5.97 Å². The maximum absolute atomic E-state index is 12.6. The molecule has 1 saturated heterocycles. The Bertz CT molecular complexity index is 705. The molecule has 0 aliphatic carbocycles. The number of amides is 2. The van der Waals surface area contributed by atoms with E-state index >= 15 is 0 Å². The molecule has 1 aliphatic rings. The van der Waals surface area contributed by atoms with Crippen molar-refractivity contribution in [1.82, 2.24) is 19.5 Å². The van der Waals surface area contributed by atoms with Gasteiger partial charge in [0.15, 0.2) is 5.00 Å². The van der Waals surface area contributed by atoms with E-state index in [9.17, 15) is 9.59 Å². The van der Waals surface area contributed by atoms with Crippen molar-refractivity contribution in [2.75, 3.05) is 11.9 Å². The van der Waals surface area contributed by atoms with Crippen LogP contribution in [0.15, 0.2) is 24.5 Å². The maximum Gasteiger partial charge on any atom is 0.359 e. The highest BCUT2D eigenvalue weighted by Gasteiger charge is 2.29. The van der Waals surface area contributed by atoms with Crippen LogP contribution < -0.4 is 5.32 Å². The summed E-state index contributed by atoms with van der Waals surface area (Å²) in [6.07, 6.45) is 6.25. The number of piperidine rings is 1. The molecular formula is C14H15N5O3S. The van der Waals surface area contributed by atoms with Gasteiger partial charge in [-0.05, 0) is 30.9 Å². The van der Waals surface area contributed by atoms with E-state index in [1.54, 1.807) is 17.3 Å². The molecule has 0 radical (unpaired) electrons. The van der Waals surface area contributed by atoms with Crippen molar-refractivity contribution in [3.8, 4) is 0 Å². The van der Waals surface area contributed by atoms with E-state index in [0.717, 1.165) is 36.4 Å². The molecule has 1 fully saturated rings. The largest absolute Gasteiger partial charge is 0.476 e. The summed E-state index contributed by atoms with van der Waals surface area (Å²) in [4.78, 5) is 29.5. The molecular weight excluding hydrogens is 318 g/mol. The number of nitrogens with zero attached hydrogens (tertiary/aromatic N) is 4. The van der Waals surface area contributed by atoms with Gasteiger partial charge in [0.05, 0.1) is 6.04 Å². The van der Waals surface area contributed by atoms with Gasteiger partial charge in [0.25, 0.3) is 0 Å². The molecule has 0 unspecified atom stereocenters. The third-order valence-corrected chi connectivity index (χ3v) is 4.39. The number of aromatic nitrogens is 3. The van der Waals surface area contributed by atoms with Crippen LogP contribution in [0.3, 0.4) is 0 Å². The summed E-state index contributed by atoms with van der Waals surface area (Å²) in [5.41, 5.74) is 0.738. The topological polar surface area (TPSA) is 108 Å². The minimum Gasteiger partial charge on any atom is -0.476 e. The predicted molar refractivity (Wildman–Crippen MR) is 83.4 cm³/mol. The molecule has 3 rings (SSSR count). The zero-order valence-electron chi connectivity index (χ0n) is 12.2. The lowest BCUT2D eigenvalue weighted by atomic mass is 9.97. The molecule has 2 aromatic heterocycles. The fourth-order valence-electron chi connectivity index (χ4n) is 2.68. The lowest BCUT2D eigenvalue weighted by Crippen LogP contribution is -2.41. The highest BCUT2D eigenvalue weighted by molar-refractivity contribution is 7.10. The van der Waals surface area contributed by atoms with Crippen LogP contribution in [0.25, 0.3) is 0 Å².